The van der Waals surface area contributed by atoms with Crippen LogP contribution in [-0.4, -0.2) is 16.0 Å². The van der Waals surface area contributed by atoms with Gasteiger partial charge in [-0.1, -0.05) is 30.3 Å². The number of aromatic nitrogens is 1. The van der Waals surface area contributed by atoms with E-state index in [2.05, 4.69) is 10.3 Å². The first kappa shape index (κ1) is 16.7. The van der Waals surface area contributed by atoms with Crippen LogP contribution in [0.4, 0.5) is 5.69 Å². The third-order valence-corrected chi connectivity index (χ3v) is 3.69. The highest BCUT2D eigenvalue weighted by molar-refractivity contribution is 6.04. The van der Waals surface area contributed by atoms with Gasteiger partial charge < -0.3 is 15.2 Å². The summed E-state index contributed by atoms with van der Waals surface area (Å²) in [5, 5.41) is 12.0. The van der Waals surface area contributed by atoms with Crippen LogP contribution in [0, 0.1) is 0 Å². The zero-order valence-corrected chi connectivity index (χ0v) is 13.6. The molecule has 1 heterocycles. The molecular formula is C20H18N2O3. The van der Waals surface area contributed by atoms with E-state index < -0.39 is 0 Å². The summed E-state index contributed by atoms with van der Waals surface area (Å²) < 4.78 is 5.71. The van der Waals surface area contributed by atoms with E-state index in [1.807, 2.05) is 30.3 Å². The van der Waals surface area contributed by atoms with E-state index in [1.165, 1.54) is 6.20 Å². The van der Waals surface area contributed by atoms with Gasteiger partial charge >= 0.3 is 0 Å². The Morgan fingerprint density at radius 2 is 1.80 bits per heavy atom. The first-order valence-corrected chi connectivity index (χ1v) is 7.88. The van der Waals surface area contributed by atoms with Gasteiger partial charge in [0.25, 0.3) is 5.91 Å². The third-order valence-electron chi connectivity index (χ3n) is 3.69. The van der Waals surface area contributed by atoms with Gasteiger partial charge in [0.05, 0.1) is 18.5 Å². The molecule has 5 nitrogen and oxygen atoms in total. The maximum atomic E-state index is 12.3. The van der Waals surface area contributed by atoms with Crippen molar-refractivity contribution in [2.75, 3.05) is 5.32 Å². The molecule has 0 saturated carbocycles. The predicted molar refractivity (Wildman–Crippen MR) is 95.3 cm³/mol. The fourth-order valence-electron chi connectivity index (χ4n) is 2.31. The number of rotatable bonds is 6. The Morgan fingerprint density at radius 1 is 1.04 bits per heavy atom. The molecule has 0 aliphatic rings. The second kappa shape index (κ2) is 8.08. The van der Waals surface area contributed by atoms with Gasteiger partial charge in [-0.15, -0.1) is 0 Å². The highest BCUT2D eigenvalue weighted by Crippen LogP contribution is 2.17. The molecular weight excluding hydrogens is 316 g/mol. The standard InChI is InChI=1S/C20H18N2O3/c23-13-17-10-11-21-12-19(17)22-20(24)16-6-8-18(9-7-16)25-14-15-4-2-1-3-5-15/h1-12,23H,13-14H2,(H,22,24). The number of aliphatic hydroxyl groups is 1. The first-order chi connectivity index (χ1) is 12.3. The van der Waals surface area contributed by atoms with Crippen molar-refractivity contribution in [2.24, 2.45) is 0 Å². The molecule has 1 amide bonds. The van der Waals surface area contributed by atoms with Gasteiger partial charge in [0.2, 0.25) is 0 Å². The zero-order valence-electron chi connectivity index (χ0n) is 13.6. The number of carbonyl (C=O) groups is 1. The minimum Gasteiger partial charge on any atom is -0.489 e. The summed E-state index contributed by atoms with van der Waals surface area (Å²) in [4.78, 5) is 16.3. The van der Waals surface area contributed by atoms with Crippen LogP contribution < -0.4 is 10.1 Å². The molecule has 3 aromatic rings. The highest BCUT2D eigenvalue weighted by Gasteiger charge is 2.09. The van der Waals surface area contributed by atoms with Crippen molar-refractivity contribution in [3.63, 3.8) is 0 Å². The molecule has 0 fully saturated rings. The lowest BCUT2D eigenvalue weighted by atomic mass is 10.2. The molecule has 0 aliphatic heterocycles. The molecule has 1 aromatic heterocycles. The van der Waals surface area contributed by atoms with Crippen LogP contribution in [0.25, 0.3) is 0 Å². The highest BCUT2D eigenvalue weighted by atomic mass is 16.5. The summed E-state index contributed by atoms with van der Waals surface area (Å²) in [5.74, 6) is 0.426. The Hall–Kier alpha value is -3.18. The van der Waals surface area contributed by atoms with E-state index in [4.69, 9.17) is 4.74 Å². The molecule has 0 aliphatic carbocycles. The van der Waals surface area contributed by atoms with Crippen LogP contribution in [-0.2, 0) is 13.2 Å². The largest absolute Gasteiger partial charge is 0.489 e. The van der Waals surface area contributed by atoms with Gasteiger partial charge in [-0.2, -0.15) is 0 Å². The zero-order chi connectivity index (χ0) is 17.5. The summed E-state index contributed by atoms with van der Waals surface area (Å²) in [7, 11) is 0. The van der Waals surface area contributed by atoms with Crippen LogP contribution in [0.1, 0.15) is 21.5 Å². The maximum absolute atomic E-state index is 12.3. The number of anilines is 1. The van der Waals surface area contributed by atoms with Crippen LogP contribution >= 0.6 is 0 Å². The molecule has 25 heavy (non-hydrogen) atoms. The monoisotopic (exact) mass is 334 g/mol. The van der Waals surface area contributed by atoms with Crippen molar-refractivity contribution < 1.29 is 14.6 Å². The maximum Gasteiger partial charge on any atom is 0.255 e. The molecule has 0 saturated heterocycles. The number of ether oxygens (including phenoxy) is 1. The Morgan fingerprint density at radius 3 is 2.52 bits per heavy atom. The molecule has 126 valence electrons. The molecule has 0 unspecified atom stereocenters. The van der Waals surface area contributed by atoms with Crippen molar-refractivity contribution >= 4 is 11.6 Å². The van der Waals surface area contributed by atoms with Crippen LogP contribution in [0.15, 0.2) is 73.1 Å². The minimum absolute atomic E-state index is 0.162. The van der Waals surface area contributed by atoms with E-state index >= 15 is 0 Å². The van der Waals surface area contributed by atoms with E-state index in [0.717, 1.165) is 5.56 Å². The summed E-state index contributed by atoms with van der Waals surface area (Å²) in [6, 6.07) is 18.5. The fourth-order valence-corrected chi connectivity index (χ4v) is 2.31. The van der Waals surface area contributed by atoms with Gasteiger partial charge in [-0.25, -0.2) is 0 Å². The molecule has 0 spiro atoms. The molecule has 2 aromatic carbocycles. The number of pyridine rings is 1. The lowest BCUT2D eigenvalue weighted by molar-refractivity contribution is 0.102. The van der Waals surface area contributed by atoms with Gasteiger partial charge in [0.1, 0.15) is 12.4 Å². The Balaban J connectivity index is 1.62. The van der Waals surface area contributed by atoms with E-state index in [-0.39, 0.29) is 12.5 Å². The van der Waals surface area contributed by atoms with Crippen LogP contribution in [0.3, 0.4) is 0 Å². The lowest BCUT2D eigenvalue weighted by Gasteiger charge is -2.10. The number of benzene rings is 2. The summed E-state index contributed by atoms with van der Waals surface area (Å²) in [6.45, 7) is 0.312. The molecule has 0 atom stereocenters. The molecule has 0 radical (unpaired) electrons. The van der Waals surface area contributed by atoms with Gasteiger partial charge in [0.15, 0.2) is 0 Å². The van der Waals surface area contributed by atoms with Crippen LogP contribution in [0.2, 0.25) is 0 Å². The van der Waals surface area contributed by atoms with E-state index in [1.54, 1.807) is 36.5 Å². The minimum atomic E-state index is -0.266. The van der Waals surface area contributed by atoms with Gasteiger partial charge in [-0.3, -0.25) is 9.78 Å². The number of nitrogens with one attached hydrogen (secondary N) is 1. The lowest BCUT2D eigenvalue weighted by Crippen LogP contribution is -2.13. The second-order valence-corrected chi connectivity index (χ2v) is 5.44. The van der Waals surface area contributed by atoms with E-state index in [9.17, 15) is 9.90 Å². The smallest absolute Gasteiger partial charge is 0.255 e. The third kappa shape index (κ3) is 4.43. The first-order valence-electron chi connectivity index (χ1n) is 7.88. The summed E-state index contributed by atoms with van der Waals surface area (Å²) >= 11 is 0. The van der Waals surface area contributed by atoms with Crippen molar-refractivity contribution in [1.82, 2.24) is 4.98 Å². The number of nitrogens with zero attached hydrogens (tertiary/aromatic N) is 1. The van der Waals surface area contributed by atoms with Gasteiger partial charge in [0, 0.05) is 17.3 Å². The number of hydrogen-bond donors (Lipinski definition) is 2. The molecule has 3 rings (SSSR count). The Labute approximate surface area is 145 Å². The number of aliphatic hydroxyl groups excluding tert-OH is 1. The quantitative estimate of drug-likeness (QED) is 0.725. The Bertz CT molecular complexity index is 833. The van der Waals surface area contributed by atoms with Crippen molar-refractivity contribution in [1.29, 1.82) is 0 Å². The molecule has 5 heteroatoms. The molecule has 2 N–H and O–H groups in total. The number of hydrogen-bond acceptors (Lipinski definition) is 4. The predicted octanol–water partition coefficient (Wildman–Crippen LogP) is 3.41. The number of carbonyl (C=O) groups excluding carboxylic acids is 1. The van der Waals surface area contributed by atoms with Crippen molar-refractivity contribution in [3.05, 3.63) is 89.7 Å². The van der Waals surface area contributed by atoms with Crippen molar-refractivity contribution in [3.8, 4) is 5.75 Å². The van der Waals surface area contributed by atoms with Crippen LogP contribution in [0.5, 0.6) is 5.75 Å². The second-order valence-electron chi connectivity index (χ2n) is 5.44. The van der Waals surface area contributed by atoms with Crippen molar-refractivity contribution in [2.45, 2.75) is 13.2 Å². The average molecular weight is 334 g/mol. The molecule has 0 bridgehead atoms. The topological polar surface area (TPSA) is 71.5 Å². The number of amides is 1. The Kier molecular flexibility index (Phi) is 5.39. The summed E-state index contributed by atoms with van der Waals surface area (Å²) in [5.41, 5.74) is 2.70. The fraction of sp³-hybridized carbons (Fsp3) is 0.100. The summed E-state index contributed by atoms with van der Waals surface area (Å²) in [6.07, 6.45) is 3.08. The normalized spacial score (nSPS) is 10.3. The SMILES string of the molecule is O=C(Nc1cnccc1CO)c1ccc(OCc2ccccc2)cc1. The van der Waals surface area contributed by atoms with Gasteiger partial charge in [-0.05, 0) is 35.9 Å². The average Bonchev–Trinajstić information content (AvgIpc) is 2.68. The van der Waals surface area contributed by atoms with E-state index in [0.29, 0.717) is 29.2 Å².